The molecule has 154 valence electrons. The molecule has 0 N–H and O–H groups in total. The van der Waals surface area contributed by atoms with Crippen molar-refractivity contribution in [3.8, 4) is 0 Å². The quantitative estimate of drug-likeness (QED) is 0.595. The minimum Gasteiger partial charge on any atom is -0.300 e. The van der Waals surface area contributed by atoms with Crippen molar-refractivity contribution in [2.24, 2.45) is 0 Å². The van der Waals surface area contributed by atoms with E-state index >= 15 is 0 Å². The van der Waals surface area contributed by atoms with Crippen LogP contribution in [-0.4, -0.2) is 119 Å². The molecule has 3 fully saturated rings. The number of hydrogen-bond acceptors (Lipinski definition) is 8. The van der Waals surface area contributed by atoms with Gasteiger partial charge >= 0.3 is 0 Å². The molecule has 0 radical (unpaired) electrons. The van der Waals surface area contributed by atoms with Gasteiger partial charge in [0.1, 0.15) is 0 Å². The van der Waals surface area contributed by atoms with E-state index in [-0.39, 0.29) is 0 Å². The number of hydrogen-bond donors (Lipinski definition) is 3. The van der Waals surface area contributed by atoms with E-state index in [0.717, 1.165) is 78.5 Å². The molecule has 3 saturated heterocycles. The first kappa shape index (κ1) is 23.1. The topological polar surface area (TPSA) is 16.2 Å². The minimum atomic E-state index is 0.313. The van der Waals surface area contributed by atoms with Gasteiger partial charge in [0.2, 0.25) is 0 Å². The summed E-state index contributed by atoms with van der Waals surface area (Å²) in [5.41, 5.74) is 0. The van der Waals surface area contributed by atoms with Crippen LogP contribution in [0.3, 0.4) is 0 Å². The standard InChI is InChI=1S/C18H39N5S3/c1-16(24)21-10-4-19-6-12-22(17(2)25)13-7-20(5-11-21)9-15-23(14-8-19)18(3)26/h16-18,24-26H,4-15H2,1-3H3. The molecule has 3 rings (SSSR count). The molecule has 0 aromatic rings. The third-order valence-electron chi connectivity index (χ3n) is 5.81. The fraction of sp³-hybridized carbons (Fsp3) is 1.00. The van der Waals surface area contributed by atoms with E-state index in [1.54, 1.807) is 0 Å². The zero-order valence-corrected chi connectivity index (χ0v) is 19.5. The summed E-state index contributed by atoms with van der Waals surface area (Å²) in [4.78, 5) is 12.8. The third kappa shape index (κ3) is 7.70. The Morgan fingerprint density at radius 1 is 0.423 bits per heavy atom. The average molecular weight is 422 g/mol. The number of thiol groups is 3. The largest absolute Gasteiger partial charge is 0.300 e. The van der Waals surface area contributed by atoms with E-state index in [2.05, 4.69) is 45.3 Å². The van der Waals surface area contributed by atoms with Crippen LogP contribution in [0.5, 0.6) is 0 Å². The van der Waals surface area contributed by atoms with Gasteiger partial charge in [-0.15, -0.1) is 0 Å². The van der Waals surface area contributed by atoms with E-state index < -0.39 is 0 Å². The summed E-state index contributed by atoms with van der Waals surface area (Å²) in [5.74, 6) is 0. The summed E-state index contributed by atoms with van der Waals surface area (Å²) in [7, 11) is 0. The van der Waals surface area contributed by atoms with Crippen LogP contribution >= 0.6 is 37.9 Å². The SMILES string of the molecule is CC(S)N1CCN2CCN(C(C)S)CCN(CC1)CCN(C(C)S)CC2. The smallest absolute Gasteiger partial charge is 0.0500 e. The van der Waals surface area contributed by atoms with Crippen LogP contribution in [0.15, 0.2) is 0 Å². The summed E-state index contributed by atoms with van der Waals surface area (Å²) in [6, 6.07) is 0. The maximum Gasteiger partial charge on any atom is 0.0500 e. The molecule has 0 amide bonds. The highest BCUT2D eigenvalue weighted by molar-refractivity contribution is 7.81. The maximum atomic E-state index is 4.72. The first-order valence-corrected chi connectivity index (χ1v) is 11.6. The fourth-order valence-corrected chi connectivity index (χ4v) is 4.44. The zero-order valence-electron chi connectivity index (χ0n) is 16.8. The number of nitrogens with zero attached hydrogens (tertiary/aromatic N) is 5. The molecule has 0 aliphatic carbocycles. The highest BCUT2D eigenvalue weighted by Gasteiger charge is 2.22. The molecule has 3 atom stereocenters. The van der Waals surface area contributed by atoms with Crippen molar-refractivity contribution < 1.29 is 0 Å². The van der Waals surface area contributed by atoms with Crippen molar-refractivity contribution in [1.29, 1.82) is 0 Å². The molecule has 5 nitrogen and oxygen atoms in total. The molecule has 0 spiro atoms. The molecule has 3 heterocycles. The molecule has 8 heteroatoms. The van der Waals surface area contributed by atoms with Crippen molar-refractivity contribution in [3.63, 3.8) is 0 Å². The number of fused-ring (bicyclic) bond motifs is 12. The van der Waals surface area contributed by atoms with Crippen LogP contribution < -0.4 is 0 Å². The van der Waals surface area contributed by atoms with Gasteiger partial charge in [-0.2, -0.15) is 37.9 Å². The average Bonchev–Trinajstić information content (AvgIpc) is 2.54. The molecule has 0 aromatic heterocycles. The predicted octanol–water partition coefficient (Wildman–Crippen LogP) is 1.35. The minimum absolute atomic E-state index is 0.313. The van der Waals surface area contributed by atoms with Crippen LogP contribution in [0.2, 0.25) is 0 Å². The molecule has 3 aliphatic heterocycles. The molecule has 0 saturated carbocycles. The van der Waals surface area contributed by atoms with Crippen LogP contribution in [0.4, 0.5) is 0 Å². The lowest BCUT2D eigenvalue weighted by Gasteiger charge is -2.39. The van der Waals surface area contributed by atoms with Gasteiger partial charge in [0, 0.05) is 94.7 Å². The molecule has 26 heavy (non-hydrogen) atoms. The summed E-state index contributed by atoms with van der Waals surface area (Å²) >= 11 is 14.2. The Morgan fingerprint density at radius 2 is 0.615 bits per heavy atom. The summed E-state index contributed by atoms with van der Waals surface area (Å²) in [6.07, 6.45) is 0. The second kappa shape index (κ2) is 11.8. The van der Waals surface area contributed by atoms with E-state index in [1.807, 2.05) is 0 Å². The van der Waals surface area contributed by atoms with Gasteiger partial charge in [0.05, 0.1) is 0 Å². The normalized spacial score (nSPS) is 32.5. The van der Waals surface area contributed by atoms with E-state index in [9.17, 15) is 0 Å². The summed E-state index contributed by atoms with van der Waals surface area (Å²) < 4.78 is 0. The Labute approximate surface area is 177 Å². The number of rotatable bonds is 3. The van der Waals surface area contributed by atoms with Crippen LogP contribution in [0.1, 0.15) is 20.8 Å². The van der Waals surface area contributed by atoms with E-state index in [1.165, 1.54) is 0 Å². The van der Waals surface area contributed by atoms with Gasteiger partial charge in [-0.3, -0.25) is 24.5 Å². The van der Waals surface area contributed by atoms with Gasteiger partial charge < -0.3 is 0 Å². The summed E-state index contributed by atoms with van der Waals surface area (Å²) in [5, 5.41) is 0.938. The second-order valence-corrected chi connectivity index (χ2v) is 9.93. The van der Waals surface area contributed by atoms with Crippen molar-refractivity contribution in [2.75, 3.05) is 78.5 Å². The van der Waals surface area contributed by atoms with Gasteiger partial charge in [-0.25, -0.2) is 0 Å². The lowest BCUT2D eigenvalue weighted by molar-refractivity contribution is 0.0984. The van der Waals surface area contributed by atoms with Gasteiger partial charge in [0.25, 0.3) is 0 Å². The van der Waals surface area contributed by atoms with Crippen LogP contribution in [0.25, 0.3) is 0 Å². The predicted molar refractivity (Wildman–Crippen MR) is 123 cm³/mol. The van der Waals surface area contributed by atoms with E-state index in [0.29, 0.717) is 16.1 Å². The zero-order chi connectivity index (χ0) is 19.1. The maximum absolute atomic E-state index is 4.72. The Bertz CT molecular complexity index is 316. The van der Waals surface area contributed by atoms with Crippen molar-refractivity contribution in [1.82, 2.24) is 24.5 Å². The monoisotopic (exact) mass is 421 g/mol. The molecule has 3 unspecified atom stereocenters. The van der Waals surface area contributed by atoms with Crippen molar-refractivity contribution >= 4 is 37.9 Å². The Kier molecular flexibility index (Phi) is 10.5. The van der Waals surface area contributed by atoms with Crippen LogP contribution in [-0.2, 0) is 0 Å². The third-order valence-corrected chi connectivity index (χ3v) is 6.79. The lowest BCUT2D eigenvalue weighted by Crippen LogP contribution is -2.52. The fourth-order valence-electron chi connectivity index (χ4n) is 3.75. The van der Waals surface area contributed by atoms with Gasteiger partial charge in [-0.05, 0) is 20.8 Å². The molecule has 0 aromatic carbocycles. The molecule has 2 bridgehead atoms. The van der Waals surface area contributed by atoms with Crippen LogP contribution in [0, 0.1) is 0 Å². The Hall–Kier alpha value is 0.850. The second-order valence-electron chi connectivity index (χ2n) is 7.69. The van der Waals surface area contributed by atoms with Gasteiger partial charge in [-0.1, -0.05) is 0 Å². The lowest BCUT2D eigenvalue weighted by atomic mass is 10.3. The highest BCUT2D eigenvalue weighted by Crippen LogP contribution is 2.11. The van der Waals surface area contributed by atoms with Crippen molar-refractivity contribution in [3.05, 3.63) is 0 Å². The summed E-state index contributed by atoms with van der Waals surface area (Å²) in [6.45, 7) is 19.8. The van der Waals surface area contributed by atoms with Gasteiger partial charge in [0.15, 0.2) is 0 Å². The van der Waals surface area contributed by atoms with Crippen molar-refractivity contribution in [2.45, 2.75) is 36.9 Å². The first-order valence-electron chi connectivity index (χ1n) is 10.1. The molecule has 3 aliphatic rings. The van der Waals surface area contributed by atoms with E-state index in [4.69, 9.17) is 37.9 Å². The Morgan fingerprint density at radius 3 is 0.769 bits per heavy atom. The Balaban J connectivity index is 2.17. The first-order chi connectivity index (χ1) is 12.4. The molecular weight excluding hydrogens is 382 g/mol. The molecular formula is C18H39N5S3. The highest BCUT2D eigenvalue weighted by atomic mass is 32.1.